The summed E-state index contributed by atoms with van der Waals surface area (Å²) in [5.41, 5.74) is 1.29. The monoisotopic (exact) mass is 233 g/mol. The second-order valence-corrected chi connectivity index (χ2v) is 4.40. The molecular formula is C14H19NO2. The molecule has 1 aliphatic rings. The van der Waals surface area contributed by atoms with Crippen LogP contribution in [0, 0.1) is 0 Å². The number of rotatable bonds is 4. The molecule has 0 bridgehead atoms. The Morgan fingerprint density at radius 2 is 2.18 bits per heavy atom. The van der Waals surface area contributed by atoms with E-state index in [0.717, 1.165) is 19.6 Å². The number of carbonyl (C=O) groups is 1. The normalized spacial score (nSPS) is 21.4. The van der Waals surface area contributed by atoms with Gasteiger partial charge in [-0.3, -0.25) is 9.69 Å². The van der Waals surface area contributed by atoms with Gasteiger partial charge in [0.15, 0.2) is 5.78 Å². The van der Waals surface area contributed by atoms with E-state index in [4.69, 9.17) is 4.74 Å². The highest BCUT2D eigenvalue weighted by molar-refractivity contribution is 5.83. The van der Waals surface area contributed by atoms with E-state index in [1.807, 2.05) is 25.1 Å². The highest BCUT2D eigenvalue weighted by Crippen LogP contribution is 2.11. The fraction of sp³-hybridized carbons (Fsp3) is 0.500. The number of Topliss-reactive ketones (excluding diaryl/α,β-unsaturated/α-hetero) is 1. The molecule has 0 radical (unpaired) electrons. The van der Waals surface area contributed by atoms with Gasteiger partial charge in [-0.2, -0.15) is 0 Å². The summed E-state index contributed by atoms with van der Waals surface area (Å²) >= 11 is 0. The topological polar surface area (TPSA) is 29.5 Å². The molecule has 0 aliphatic carbocycles. The zero-order valence-corrected chi connectivity index (χ0v) is 10.3. The minimum atomic E-state index is -0.225. The van der Waals surface area contributed by atoms with Crippen molar-refractivity contribution >= 4 is 5.78 Å². The van der Waals surface area contributed by atoms with Gasteiger partial charge in [-0.1, -0.05) is 37.3 Å². The average molecular weight is 233 g/mol. The zero-order valence-electron chi connectivity index (χ0n) is 10.3. The Balaban J connectivity index is 1.92. The Morgan fingerprint density at radius 3 is 2.88 bits per heavy atom. The fourth-order valence-electron chi connectivity index (χ4n) is 2.11. The van der Waals surface area contributed by atoms with Crippen LogP contribution in [0.3, 0.4) is 0 Å². The molecule has 0 saturated carbocycles. The van der Waals surface area contributed by atoms with Crippen LogP contribution in [0.1, 0.15) is 18.9 Å². The number of benzene rings is 1. The van der Waals surface area contributed by atoms with Gasteiger partial charge in [0.25, 0.3) is 0 Å². The van der Waals surface area contributed by atoms with Crippen molar-refractivity contribution in [3.05, 3.63) is 35.9 Å². The first-order valence-corrected chi connectivity index (χ1v) is 6.20. The number of carbonyl (C=O) groups excluding carboxylic acids is 1. The predicted molar refractivity (Wildman–Crippen MR) is 66.8 cm³/mol. The number of morpholine rings is 1. The summed E-state index contributed by atoms with van der Waals surface area (Å²) in [5, 5.41) is 0. The summed E-state index contributed by atoms with van der Waals surface area (Å²) in [6.07, 6.45) is 0.335. The second kappa shape index (κ2) is 5.94. The molecule has 1 aromatic carbocycles. The van der Waals surface area contributed by atoms with Gasteiger partial charge < -0.3 is 4.74 Å². The van der Waals surface area contributed by atoms with Crippen LogP contribution in [-0.4, -0.2) is 36.5 Å². The summed E-state index contributed by atoms with van der Waals surface area (Å²) in [6.45, 7) is 5.08. The van der Waals surface area contributed by atoms with Crippen LogP contribution in [0.15, 0.2) is 30.3 Å². The number of nitrogens with zero attached hydrogens (tertiary/aromatic N) is 1. The Labute approximate surface area is 102 Å². The number of hydrogen-bond acceptors (Lipinski definition) is 3. The van der Waals surface area contributed by atoms with Gasteiger partial charge in [0.05, 0.1) is 6.61 Å². The van der Waals surface area contributed by atoms with Gasteiger partial charge in [-0.25, -0.2) is 0 Å². The maximum atomic E-state index is 11.6. The van der Waals surface area contributed by atoms with Gasteiger partial charge in [0.2, 0.25) is 0 Å². The van der Waals surface area contributed by atoms with E-state index in [9.17, 15) is 4.79 Å². The van der Waals surface area contributed by atoms with Gasteiger partial charge in [-0.15, -0.1) is 0 Å². The smallest absolute Gasteiger partial charge is 0.162 e. The average Bonchev–Trinajstić information content (AvgIpc) is 2.39. The maximum absolute atomic E-state index is 11.6. The van der Waals surface area contributed by atoms with E-state index in [1.54, 1.807) is 0 Å². The molecular weight excluding hydrogens is 214 g/mol. The summed E-state index contributed by atoms with van der Waals surface area (Å²) in [5.74, 6) is 0.211. The first-order valence-electron chi connectivity index (χ1n) is 6.20. The number of ether oxygens (including phenoxy) is 1. The van der Waals surface area contributed by atoms with Crippen molar-refractivity contribution < 1.29 is 9.53 Å². The van der Waals surface area contributed by atoms with Crippen molar-refractivity contribution in [1.82, 2.24) is 4.90 Å². The van der Waals surface area contributed by atoms with Crippen LogP contribution in [-0.2, 0) is 16.1 Å². The third-order valence-corrected chi connectivity index (χ3v) is 3.11. The van der Waals surface area contributed by atoms with E-state index >= 15 is 0 Å². The second-order valence-electron chi connectivity index (χ2n) is 4.40. The Morgan fingerprint density at radius 1 is 1.41 bits per heavy atom. The van der Waals surface area contributed by atoms with Crippen molar-refractivity contribution in [2.24, 2.45) is 0 Å². The molecule has 0 amide bonds. The predicted octanol–water partition coefficient (Wildman–Crippen LogP) is 1.87. The van der Waals surface area contributed by atoms with Crippen LogP contribution in [0.25, 0.3) is 0 Å². The molecule has 92 valence electrons. The van der Waals surface area contributed by atoms with E-state index in [0.29, 0.717) is 13.0 Å². The molecule has 17 heavy (non-hydrogen) atoms. The van der Waals surface area contributed by atoms with Gasteiger partial charge in [0.1, 0.15) is 6.10 Å². The summed E-state index contributed by atoms with van der Waals surface area (Å²) in [7, 11) is 0. The molecule has 3 nitrogen and oxygen atoms in total. The summed E-state index contributed by atoms with van der Waals surface area (Å²) < 4.78 is 5.51. The van der Waals surface area contributed by atoms with Crippen LogP contribution in [0.4, 0.5) is 0 Å². The molecule has 0 spiro atoms. The van der Waals surface area contributed by atoms with Crippen molar-refractivity contribution in [1.29, 1.82) is 0 Å². The Kier molecular flexibility index (Phi) is 4.29. The molecule has 1 atom stereocenters. The Hall–Kier alpha value is -1.19. The molecule has 0 N–H and O–H groups in total. The lowest BCUT2D eigenvalue weighted by Crippen LogP contribution is -2.45. The highest BCUT2D eigenvalue weighted by atomic mass is 16.5. The van der Waals surface area contributed by atoms with Crippen LogP contribution in [0.2, 0.25) is 0 Å². The van der Waals surface area contributed by atoms with Gasteiger partial charge in [0, 0.05) is 26.1 Å². The first-order chi connectivity index (χ1) is 8.29. The van der Waals surface area contributed by atoms with E-state index in [1.165, 1.54) is 5.56 Å². The van der Waals surface area contributed by atoms with E-state index < -0.39 is 0 Å². The zero-order chi connectivity index (χ0) is 12.1. The lowest BCUT2D eigenvalue weighted by Gasteiger charge is -2.32. The van der Waals surface area contributed by atoms with Crippen LogP contribution >= 0.6 is 0 Å². The fourth-order valence-corrected chi connectivity index (χ4v) is 2.11. The van der Waals surface area contributed by atoms with Crippen molar-refractivity contribution in [2.75, 3.05) is 19.7 Å². The third-order valence-electron chi connectivity index (χ3n) is 3.11. The molecule has 2 rings (SSSR count). The van der Waals surface area contributed by atoms with Crippen molar-refractivity contribution in [3.8, 4) is 0 Å². The van der Waals surface area contributed by atoms with Crippen molar-refractivity contribution in [3.63, 3.8) is 0 Å². The quantitative estimate of drug-likeness (QED) is 0.795. The molecule has 3 heteroatoms. The SMILES string of the molecule is CCC(=O)C1CN(Cc2ccccc2)CCO1. The summed E-state index contributed by atoms with van der Waals surface area (Å²) in [6, 6.07) is 10.3. The third kappa shape index (κ3) is 3.38. The molecule has 1 heterocycles. The molecule has 1 aliphatic heterocycles. The summed E-state index contributed by atoms with van der Waals surface area (Å²) in [4.78, 5) is 13.9. The first kappa shape index (κ1) is 12.3. The van der Waals surface area contributed by atoms with E-state index in [2.05, 4.69) is 17.0 Å². The molecule has 1 unspecified atom stereocenters. The van der Waals surface area contributed by atoms with Crippen LogP contribution < -0.4 is 0 Å². The Bertz CT molecular complexity index is 364. The minimum absolute atomic E-state index is 0.211. The van der Waals surface area contributed by atoms with Gasteiger partial charge >= 0.3 is 0 Å². The number of ketones is 1. The van der Waals surface area contributed by atoms with Crippen molar-refractivity contribution in [2.45, 2.75) is 26.0 Å². The van der Waals surface area contributed by atoms with Gasteiger partial charge in [-0.05, 0) is 5.56 Å². The molecule has 1 aromatic rings. The molecule has 0 aromatic heterocycles. The van der Waals surface area contributed by atoms with E-state index in [-0.39, 0.29) is 11.9 Å². The van der Waals surface area contributed by atoms with Crippen LogP contribution in [0.5, 0.6) is 0 Å². The maximum Gasteiger partial charge on any atom is 0.162 e. The highest BCUT2D eigenvalue weighted by Gasteiger charge is 2.25. The number of hydrogen-bond donors (Lipinski definition) is 0. The molecule has 1 fully saturated rings. The lowest BCUT2D eigenvalue weighted by molar-refractivity contribution is -0.136. The largest absolute Gasteiger partial charge is 0.368 e. The minimum Gasteiger partial charge on any atom is -0.368 e. The lowest BCUT2D eigenvalue weighted by atomic mass is 10.1. The standard InChI is InChI=1S/C14H19NO2/c1-2-13(16)14-11-15(8-9-17-14)10-12-6-4-3-5-7-12/h3-7,14H,2,8-11H2,1H3. The molecule has 1 saturated heterocycles.